The number of carbonyl (C=O) groups is 2. The zero-order chi connectivity index (χ0) is 11.4. The third-order valence-electron chi connectivity index (χ3n) is 1.89. The van der Waals surface area contributed by atoms with E-state index in [4.69, 9.17) is 26.7 Å². The van der Waals surface area contributed by atoms with E-state index in [1.54, 1.807) is 0 Å². The molecular weight excluding hydrogens is 206 g/mol. The largest absolute Gasteiger partial charge is 0.447 e. The predicted octanol–water partition coefficient (Wildman–Crippen LogP) is -1.38. The van der Waals surface area contributed by atoms with Gasteiger partial charge in [0.05, 0.1) is 0 Å². The summed E-state index contributed by atoms with van der Waals surface area (Å²) in [6.07, 6.45) is -3.37. The predicted molar refractivity (Wildman–Crippen MR) is 47.5 cm³/mol. The second-order valence-electron chi connectivity index (χ2n) is 3.05. The van der Waals surface area contributed by atoms with E-state index in [0.29, 0.717) is 6.42 Å². The van der Waals surface area contributed by atoms with E-state index in [2.05, 4.69) is 4.74 Å². The van der Waals surface area contributed by atoms with Crippen molar-refractivity contribution in [3.8, 4) is 0 Å². The summed E-state index contributed by atoms with van der Waals surface area (Å²) in [5.41, 5.74) is 15.1. The molecule has 1 aliphatic rings. The van der Waals surface area contributed by atoms with Gasteiger partial charge in [0, 0.05) is 6.42 Å². The minimum absolute atomic E-state index is 0.124. The summed E-state index contributed by atoms with van der Waals surface area (Å²) >= 11 is 0. The second kappa shape index (κ2) is 4.80. The monoisotopic (exact) mass is 219 g/mol. The number of primary amides is 2. The van der Waals surface area contributed by atoms with Crippen molar-refractivity contribution >= 4 is 12.2 Å². The molecule has 8 heteroatoms. The number of rotatable bonds is 3. The minimum atomic E-state index is -0.933. The molecule has 0 spiro atoms. The highest BCUT2D eigenvalue weighted by Gasteiger charge is 2.36. The molecule has 15 heavy (non-hydrogen) atoms. The summed E-state index contributed by atoms with van der Waals surface area (Å²) in [4.78, 5) is 20.9. The summed E-state index contributed by atoms with van der Waals surface area (Å²) < 4.78 is 14.4. The Morgan fingerprint density at radius 2 is 2.00 bits per heavy atom. The van der Waals surface area contributed by atoms with Crippen molar-refractivity contribution in [3.63, 3.8) is 0 Å². The van der Waals surface area contributed by atoms with Gasteiger partial charge in [-0.15, -0.1) is 0 Å². The standard InChI is InChI=1S/C7H13N3O5/c8-5-1-3(15-7(10)12)4(14-5)2-13-6(9)11/h3-5H,1-2,8H2,(H2,9,11)(H2,10,12)/t3-,4+,5-/m1/s1. The van der Waals surface area contributed by atoms with Crippen molar-refractivity contribution < 1.29 is 23.8 Å². The van der Waals surface area contributed by atoms with Crippen molar-refractivity contribution in [2.75, 3.05) is 6.61 Å². The summed E-state index contributed by atoms with van der Waals surface area (Å²) in [6, 6.07) is 0. The lowest BCUT2D eigenvalue weighted by atomic mass is 10.2. The molecule has 1 heterocycles. The average molecular weight is 219 g/mol. The molecule has 86 valence electrons. The fraction of sp³-hybridized carbons (Fsp3) is 0.714. The number of ether oxygens (including phenoxy) is 3. The van der Waals surface area contributed by atoms with Gasteiger partial charge in [-0.3, -0.25) is 0 Å². The lowest BCUT2D eigenvalue weighted by molar-refractivity contribution is -0.0268. The first-order valence-corrected chi connectivity index (χ1v) is 4.28. The van der Waals surface area contributed by atoms with Crippen molar-refractivity contribution in [3.05, 3.63) is 0 Å². The van der Waals surface area contributed by atoms with Crippen LogP contribution < -0.4 is 17.2 Å². The van der Waals surface area contributed by atoms with Crippen LogP contribution in [0.15, 0.2) is 0 Å². The number of nitrogens with two attached hydrogens (primary N) is 3. The fourth-order valence-corrected chi connectivity index (χ4v) is 1.33. The molecule has 0 aromatic heterocycles. The number of hydrogen-bond acceptors (Lipinski definition) is 6. The van der Waals surface area contributed by atoms with Gasteiger partial charge in [-0.25, -0.2) is 9.59 Å². The highest BCUT2D eigenvalue weighted by atomic mass is 16.6. The fourth-order valence-electron chi connectivity index (χ4n) is 1.33. The molecule has 0 saturated carbocycles. The Hall–Kier alpha value is -1.54. The lowest BCUT2D eigenvalue weighted by Crippen LogP contribution is -2.34. The number of hydrogen-bond donors (Lipinski definition) is 3. The van der Waals surface area contributed by atoms with Crippen LogP contribution in [0.3, 0.4) is 0 Å². The average Bonchev–Trinajstić information content (AvgIpc) is 2.41. The first-order chi connectivity index (χ1) is 6.99. The van der Waals surface area contributed by atoms with E-state index in [1.807, 2.05) is 0 Å². The van der Waals surface area contributed by atoms with Gasteiger partial charge in [-0.2, -0.15) is 0 Å². The van der Waals surface area contributed by atoms with Crippen molar-refractivity contribution in [1.82, 2.24) is 0 Å². The topological polar surface area (TPSA) is 140 Å². The molecule has 0 bridgehead atoms. The van der Waals surface area contributed by atoms with Crippen LogP contribution in [0.5, 0.6) is 0 Å². The molecule has 0 aromatic carbocycles. The Morgan fingerprint density at radius 1 is 1.33 bits per heavy atom. The highest BCUT2D eigenvalue weighted by molar-refractivity contribution is 5.65. The van der Waals surface area contributed by atoms with Crippen LogP contribution in [0.4, 0.5) is 9.59 Å². The zero-order valence-corrected chi connectivity index (χ0v) is 7.92. The molecule has 8 nitrogen and oxygen atoms in total. The third-order valence-corrected chi connectivity index (χ3v) is 1.89. The van der Waals surface area contributed by atoms with Crippen LogP contribution in [0.2, 0.25) is 0 Å². The molecule has 3 atom stereocenters. The third kappa shape index (κ3) is 3.60. The van der Waals surface area contributed by atoms with Crippen LogP contribution in [-0.2, 0) is 14.2 Å². The van der Waals surface area contributed by atoms with E-state index >= 15 is 0 Å². The zero-order valence-electron chi connectivity index (χ0n) is 7.92. The van der Waals surface area contributed by atoms with Crippen LogP contribution in [0.1, 0.15) is 6.42 Å². The number of carbonyl (C=O) groups excluding carboxylic acids is 2. The van der Waals surface area contributed by atoms with Crippen LogP contribution >= 0.6 is 0 Å². The maximum absolute atomic E-state index is 10.5. The Morgan fingerprint density at radius 3 is 2.53 bits per heavy atom. The second-order valence-corrected chi connectivity index (χ2v) is 3.05. The molecule has 1 aliphatic heterocycles. The first kappa shape index (κ1) is 11.5. The van der Waals surface area contributed by atoms with Gasteiger partial charge in [0.25, 0.3) is 0 Å². The summed E-state index contributed by atoms with van der Waals surface area (Å²) in [7, 11) is 0. The minimum Gasteiger partial charge on any atom is -0.447 e. The van der Waals surface area contributed by atoms with E-state index in [1.165, 1.54) is 0 Å². The van der Waals surface area contributed by atoms with Crippen LogP contribution in [0.25, 0.3) is 0 Å². The van der Waals surface area contributed by atoms with E-state index < -0.39 is 30.6 Å². The highest BCUT2D eigenvalue weighted by Crippen LogP contribution is 2.20. The molecule has 6 N–H and O–H groups in total. The molecule has 0 unspecified atom stereocenters. The molecule has 1 saturated heterocycles. The van der Waals surface area contributed by atoms with Crippen LogP contribution in [0, 0.1) is 0 Å². The van der Waals surface area contributed by atoms with Gasteiger partial charge in [-0.1, -0.05) is 0 Å². The van der Waals surface area contributed by atoms with Gasteiger partial charge in [0.2, 0.25) is 0 Å². The SMILES string of the molecule is NC(=O)OC[C@@H]1O[C@@H](N)C[C@H]1OC(N)=O. The molecule has 2 amide bonds. The Labute approximate surface area is 85.6 Å². The van der Waals surface area contributed by atoms with E-state index in [9.17, 15) is 9.59 Å². The first-order valence-electron chi connectivity index (χ1n) is 4.28. The smallest absolute Gasteiger partial charge is 0.404 e. The molecule has 1 rings (SSSR count). The van der Waals surface area contributed by atoms with Gasteiger partial charge in [0.1, 0.15) is 25.0 Å². The molecule has 0 radical (unpaired) electrons. The quantitative estimate of drug-likeness (QED) is 0.534. The van der Waals surface area contributed by atoms with Gasteiger partial charge in [0.15, 0.2) is 0 Å². The summed E-state index contributed by atoms with van der Waals surface area (Å²) in [5, 5.41) is 0. The van der Waals surface area contributed by atoms with Gasteiger partial charge < -0.3 is 31.4 Å². The maximum atomic E-state index is 10.5. The summed E-state index contributed by atoms with van der Waals surface area (Å²) in [5.74, 6) is 0. The van der Waals surface area contributed by atoms with Crippen LogP contribution in [-0.4, -0.2) is 37.2 Å². The van der Waals surface area contributed by atoms with Crippen molar-refractivity contribution in [1.29, 1.82) is 0 Å². The Bertz CT molecular complexity index is 259. The van der Waals surface area contributed by atoms with E-state index in [0.717, 1.165) is 0 Å². The lowest BCUT2D eigenvalue weighted by Gasteiger charge is -2.16. The maximum Gasteiger partial charge on any atom is 0.404 e. The molecule has 0 aromatic rings. The van der Waals surface area contributed by atoms with Gasteiger partial charge in [-0.05, 0) is 0 Å². The molecule has 1 fully saturated rings. The Kier molecular flexibility index (Phi) is 3.69. The molecular formula is C7H13N3O5. The summed E-state index contributed by atoms with van der Waals surface area (Å²) in [6.45, 7) is -0.124. The normalized spacial score (nSPS) is 29.8. The van der Waals surface area contributed by atoms with E-state index in [-0.39, 0.29) is 6.61 Å². The Balaban J connectivity index is 2.45. The van der Waals surface area contributed by atoms with Crippen molar-refractivity contribution in [2.24, 2.45) is 17.2 Å². The van der Waals surface area contributed by atoms with Gasteiger partial charge >= 0.3 is 12.2 Å². The van der Waals surface area contributed by atoms with Crippen molar-refractivity contribution in [2.45, 2.75) is 24.9 Å². The molecule has 0 aliphatic carbocycles. The number of amides is 2.